The summed E-state index contributed by atoms with van der Waals surface area (Å²) in [7, 11) is 2.21. The first-order valence-corrected chi connectivity index (χ1v) is 7.39. The second-order valence-corrected chi connectivity index (χ2v) is 5.75. The Balaban J connectivity index is 0.00000200. The summed E-state index contributed by atoms with van der Waals surface area (Å²) in [5, 5.41) is 0. The number of hydrogen-bond acceptors (Lipinski definition) is 3. The fourth-order valence-corrected chi connectivity index (χ4v) is 3.04. The first-order chi connectivity index (χ1) is 9.20. The minimum atomic E-state index is 0. The van der Waals surface area contributed by atoms with Gasteiger partial charge in [0.2, 0.25) is 0 Å². The van der Waals surface area contributed by atoms with E-state index in [1.54, 1.807) is 0 Å². The molecule has 2 rings (SSSR count). The molecular weight excluding hydrogens is 270 g/mol. The Kier molecular flexibility index (Phi) is 7.52. The van der Waals surface area contributed by atoms with Gasteiger partial charge in [-0.15, -0.1) is 12.4 Å². The molecule has 1 saturated heterocycles. The van der Waals surface area contributed by atoms with Gasteiger partial charge in [0.1, 0.15) is 0 Å². The van der Waals surface area contributed by atoms with E-state index < -0.39 is 0 Å². The third-order valence-electron chi connectivity index (χ3n) is 4.32. The van der Waals surface area contributed by atoms with Crippen LogP contribution < -0.4 is 5.73 Å². The number of halogens is 1. The highest BCUT2D eigenvalue weighted by Gasteiger charge is 2.27. The van der Waals surface area contributed by atoms with E-state index in [4.69, 9.17) is 5.73 Å². The zero-order valence-corrected chi connectivity index (χ0v) is 13.5. The molecule has 0 aromatic heterocycles. The van der Waals surface area contributed by atoms with Crippen LogP contribution in [0.15, 0.2) is 30.3 Å². The lowest BCUT2D eigenvalue weighted by atomic mass is 9.96. The van der Waals surface area contributed by atoms with Crippen LogP contribution in [0, 0.1) is 0 Å². The fourth-order valence-electron chi connectivity index (χ4n) is 3.04. The molecule has 1 fully saturated rings. The highest BCUT2D eigenvalue weighted by atomic mass is 35.5. The van der Waals surface area contributed by atoms with Crippen LogP contribution in [0.2, 0.25) is 0 Å². The Hall–Kier alpha value is -0.610. The van der Waals surface area contributed by atoms with Crippen molar-refractivity contribution in [3.63, 3.8) is 0 Å². The van der Waals surface area contributed by atoms with Crippen LogP contribution in [0.4, 0.5) is 0 Å². The quantitative estimate of drug-likeness (QED) is 0.905. The number of nitrogens with two attached hydrogens (primary N) is 1. The molecule has 0 spiro atoms. The first-order valence-electron chi connectivity index (χ1n) is 7.39. The molecule has 0 amide bonds. The standard InChI is InChI=1S/C16H27N3.ClH/c1-14-12-16(18(2)11-9-17)8-10-19(14)13-15-6-4-3-5-7-15;/h3-7,14,16H,8-13,17H2,1-2H3;1H. The lowest BCUT2D eigenvalue weighted by Gasteiger charge is -2.41. The summed E-state index contributed by atoms with van der Waals surface area (Å²) in [6, 6.07) is 12.1. The number of rotatable bonds is 5. The molecule has 1 heterocycles. The van der Waals surface area contributed by atoms with Gasteiger partial charge < -0.3 is 10.6 Å². The molecule has 1 aromatic rings. The Labute approximate surface area is 129 Å². The molecule has 1 aliphatic heterocycles. The van der Waals surface area contributed by atoms with E-state index in [2.05, 4.69) is 54.1 Å². The maximum Gasteiger partial charge on any atom is 0.0236 e. The number of likely N-dealkylation sites (tertiary alicyclic amines) is 1. The highest BCUT2D eigenvalue weighted by molar-refractivity contribution is 5.85. The largest absolute Gasteiger partial charge is 0.329 e. The van der Waals surface area contributed by atoms with Gasteiger partial charge in [-0.3, -0.25) is 4.90 Å². The van der Waals surface area contributed by atoms with Crippen molar-refractivity contribution >= 4 is 12.4 Å². The van der Waals surface area contributed by atoms with Crippen molar-refractivity contribution in [1.82, 2.24) is 9.80 Å². The Morgan fingerprint density at radius 3 is 2.60 bits per heavy atom. The van der Waals surface area contributed by atoms with E-state index in [9.17, 15) is 0 Å². The topological polar surface area (TPSA) is 32.5 Å². The minimum Gasteiger partial charge on any atom is -0.329 e. The van der Waals surface area contributed by atoms with Crippen LogP contribution in [0.3, 0.4) is 0 Å². The molecule has 4 heteroatoms. The molecule has 1 aromatic carbocycles. The zero-order valence-electron chi connectivity index (χ0n) is 12.7. The second kappa shape index (κ2) is 8.63. The third-order valence-corrected chi connectivity index (χ3v) is 4.32. The summed E-state index contributed by atoms with van der Waals surface area (Å²) in [4.78, 5) is 5.03. The van der Waals surface area contributed by atoms with Crippen molar-refractivity contribution in [2.45, 2.75) is 38.4 Å². The van der Waals surface area contributed by atoms with Gasteiger partial charge >= 0.3 is 0 Å². The third kappa shape index (κ3) is 4.74. The van der Waals surface area contributed by atoms with E-state index in [1.807, 2.05) is 0 Å². The Bertz CT molecular complexity index is 371. The summed E-state index contributed by atoms with van der Waals surface area (Å²) in [6.07, 6.45) is 2.51. The molecular formula is C16H28ClN3. The molecule has 2 atom stereocenters. The van der Waals surface area contributed by atoms with Crippen molar-refractivity contribution in [1.29, 1.82) is 0 Å². The fraction of sp³-hybridized carbons (Fsp3) is 0.625. The molecule has 0 saturated carbocycles. The van der Waals surface area contributed by atoms with Crippen LogP contribution in [0.25, 0.3) is 0 Å². The summed E-state index contributed by atoms with van der Waals surface area (Å²) < 4.78 is 0. The van der Waals surface area contributed by atoms with Crippen molar-refractivity contribution in [3.8, 4) is 0 Å². The minimum absolute atomic E-state index is 0. The summed E-state index contributed by atoms with van der Waals surface area (Å²) in [6.45, 7) is 6.39. The normalized spacial score (nSPS) is 23.6. The van der Waals surface area contributed by atoms with Crippen molar-refractivity contribution < 1.29 is 0 Å². The molecule has 0 bridgehead atoms. The average molecular weight is 298 g/mol. The number of benzene rings is 1. The van der Waals surface area contributed by atoms with Gasteiger partial charge in [-0.25, -0.2) is 0 Å². The summed E-state index contributed by atoms with van der Waals surface area (Å²) >= 11 is 0. The summed E-state index contributed by atoms with van der Waals surface area (Å²) in [5.41, 5.74) is 7.07. The molecule has 114 valence electrons. The monoisotopic (exact) mass is 297 g/mol. The zero-order chi connectivity index (χ0) is 13.7. The van der Waals surface area contributed by atoms with E-state index in [0.717, 1.165) is 19.6 Å². The SMILES string of the molecule is CC1CC(N(C)CCN)CCN1Cc1ccccc1.Cl. The van der Waals surface area contributed by atoms with Gasteiger partial charge in [-0.05, 0) is 32.4 Å². The highest BCUT2D eigenvalue weighted by Crippen LogP contribution is 2.22. The van der Waals surface area contributed by atoms with Crippen molar-refractivity contribution in [3.05, 3.63) is 35.9 Å². The summed E-state index contributed by atoms with van der Waals surface area (Å²) in [5.74, 6) is 0. The molecule has 2 unspecified atom stereocenters. The number of likely N-dealkylation sites (N-methyl/N-ethyl adjacent to an activating group) is 1. The van der Waals surface area contributed by atoms with Gasteiger partial charge in [0.15, 0.2) is 0 Å². The van der Waals surface area contributed by atoms with E-state index in [1.165, 1.54) is 24.9 Å². The average Bonchev–Trinajstić information content (AvgIpc) is 2.42. The second-order valence-electron chi connectivity index (χ2n) is 5.75. The van der Waals surface area contributed by atoms with Crippen molar-refractivity contribution in [2.75, 3.05) is 26.7 Å². The molecule has 20 heavy (non-hydrogen) atoms. The molecule has 2 N–H and O–H groups in total. The predicted octanol–water partition coefficient (Wildman–Crippen LogP) is 2.35. The van der Waals surface area contributed by atoms with Gasteiger partial charge in [-0.2, -0.15) is 0 Å². The maximum absolute atomic E-state index is 5.65. The van der Waals surface area contributed by atoms with Crippen LogP contribution in [-0.2, 0) is 6.54 Å². The lowest BCUT2D eigenvalue weighted by molar-refractivity contribution is 0.0818. The maximum atomic E-state index is 5.65. The number of piperidine rings is 1. The van der Waals surface area contributed by atoms with Gasteiger partial charge in [0.05, 0.1) is 0 Å². The van der Waals surface area contributed by atoms with Crippen LogP contribution in [0.1, 0.15) is 25.3 Å². The van der Waals surface area contributed by atoms with E-state index in [-0.39, 0.29) is 12.4 Å². The molecule has 3 nitrogen and oxygen atoms in total. The van der Waals surface area contributed by atoms with Crippen LogP contribution in [0.5, 0.6) is 0 Å². The van der Waals surface area contributed by atoms with Crippen LogP contribution >= 0.6 is 12.4 Å². The van der Waals surface area contributed by atoms with Gasteiger partial charge in [0, 0.05) is 38.3 Å². The Morgan fingerprint density at radius 2 is 2.00 bits per heavy atom. The van der Waals surface area contributed by atoms with Crippen molar-refractivity contribution in [2.24, 2.45) is 5.73 Å². The molecule has 0 radical (unpaired) electrons. The van der Waals surface area contributed by atoms with E-state index in [0.29, 0.717) is 12.1 Å². The lowest BCUT2D eigenvalue weighted by Crippen LogP contribution is -2.48. The first kappa shape index (κ1) is 17.4. The van der Waals surface area contributed by atoms with Crippen LogP contribution in [-0.4, -0.2) is 48.6 Å². The van der Waals surface area contributed by atoms with Gasteiger partial charge in [-0.1, -0.05) is 30.3 Å². The number of nitrogens with zero attached hydrogens (tertiary/aromatic N) is 2. The predicted molar refractivity (Wildman–Crippen MR) is 88.3 cm³/mol. The number of hydrogen-bond donors (Lipinski definition) is 1. The molecule has 1 aliphatic rings. The Morgan fingerprint density at radius 1 is 1.30 bits per heavy atom. The molecule has 0 aliphatic carbocycles. The van der Waals surface area contributed by atoms with Gasteiger partial charge in [0.25, 0.3) is 0 Å². The van der Waals surface area contributed by atoms with E-state index >= 15 is 0 Å². The smallest absolute Gasteiger partial charge is 0.0236 e.